The predicted molar refractivity (Wildman–Crippen MR) is 111 cm³/mol. The van der Waals surface area contributed by atoms with Gasteiger partial charge >= 0.3 is 0 Å². The Labute approximate surface area is 171 Å². The van der Waals surface area contributed by atoms with Gasteiger partial charge < -0.3 is 14.8 Å². The van der Waals surface area contributed by atoms with Gasteiger partial charge in [0.15, 0.2) is 0 Å². The van der Waals surface area contributed by atoms with E-state index in [1.165, 1.54) is 5.56 Å². The number of hydrogen-bond donors (Lipinski definition) is 2. The molecule has 0 amide bonds. The lowest BCUT2D eigenvalue weighted by atomic mass is 10.1. The zero-order valence-corrected chi connectivity index (χ0v) is 17.0. The third-order valence-electron chi connectivity index (χ3n) is 4.09. The molecule has 2 aromatic heterocycles. The average molecular weight is 445 g/mol. The Morgan fingerprint density at radius 2 is 2.00 bits per heavy atom. The Balaban J connectivity index is 1.59. The van der Waals surface area contributed by atoms with Crippen LogP contribution in [0.5, 0.6) is 11.6 Å². The van der Waals surface area contributed by atoms with Crippen molar-refractivity contribution >= 4 is 21.6 Å². The number of halogens is 1. The fourth-order valence-electron chi connectivity index (χ4n) is 2.60. The number of H-pyrrole nitrogens is 1. The summed E-state index contributed by atoms with van der Waals surface area (Å²) in [6.07, 6.45) is 5.15. The van der Waals surface area contributed by atoms with Crippen molar-refractivity contribution < 1.29 is 9.47 Å². The molecule has 0 aliphatic carbocycles. The van der Waals surface area contributed by atoms with Gasteiger partial charge in [0.25, 0.3) is 11.4 Å². The fourth-order valence-corrected chi connectivity index (χ4v) is 3.00. The van der Waals surface area contributed by atoms with Crippen LogP contribution in [0.3, 0.4) is 0 Å². The van der Waals surface area contributed by atoms with E-state index in [4.69, 9.17) is 9.47 Å². The summed E-state index contributed by atoms with van der Waals surface area (Å²) in [5.74, 6) is 1.19. The molecule has 0 atom stereocenters. The highest BCUT2D eigenvalue weighted by Gasteiger charge is 2.13. The number of methoxy groups -OCH3 is 1. The molecule has 7 nitrogen and oxygen atoms in total. The lowest BCUT2D eigenvalue weighted by Gasteiger charge is -2.13. The summed E-state index contributed by atoms with van der Waals surface area (Å²) in [7, 11) is 1.65. The zero-order chi connectivity index (χ0) is 19.8. The molecule has 0 spiro atoms. The zero-order valence-electron chi connectivity index (χ0n) is 15.4. The lowest BCUT2D eigenvalue weighted by molar-refractivity contribution is 0.296. The molecule has 3 aromatic rings. The van der Waals surface area contributed by atoms with E-state index in [-0.39, 0.29) is 5.56 Å². The van der Waals surface area contributed by atoms with Crippen molar-refractivity contribution in [2.24, 2.45) is 0 Å². The minimum absolute atomic E-state index is 0.320. The molecule has 2 heterocycles. The second-order valence-electron chi connectivity index (χ2n) is 6.06. The van der Waals surface area contributed by atoms with Crippen molar-refractivity contribution in [3.05, 3.63) is 74.7 Å². The molecule has 2 N–H and O–H groups in total. The fraction of sp³-hybridized carbons (Fsp3) is 0.250. The number of nitrogens with zero attached hydrogens (tertiary/aromatic N) is 2. The van der Waals surface area contributed by atoms with Crippen LogP contribution in [-0.2, 0) is 13.0 Å². The number of benzene rings is 1. The SMILES string of the molecule is COc1ccc(CCCOc2n[nH]c(=O)c(Br)c2NCc2cccnc2)cc1. The maximum atomic E-state index is 11.9. The topological polar surface area (TPSA) is 89.1 Å². The Hall–Kier alpha value is -2.87. The first-order valence-corrected chi connectivity index (χ1v) is 9.63. The summed E-state index contributed by atoms with van der Waals surface area (Å²) in [6, 6.07) is 11.8. The minimum atomic E-state index is -0.320. The summed E-state index contributed by atoms with van der Waals surface area (Å²) >= 11 is 3.31. The summed E-state index contributed by atoms with van der Waals surface area (Å²) in [4.78, 5) is 16.0. The molecule has 0 unspecified atom stereocenters. The van der Waals surface area contributed by atoms with Gasteiger partial charge in [-0.25, -0.2) is 5.10 Å². The average Bonchev–Trinajstić information content (AvgIpc) is 2.74. The van der Waals surface area contributed by atoms with Gasteiger partial charge in [-0.15, -0.1) is 5.10 Å². The highest BCUT2D eigenvalue weighted by atomic mass is 79.9. The Bertz CT molecular complexity index is 946. The summed E-state index contributed by atoms with van der Waals surface area (Å²) in [5.41, 5.74) is 2.39. The van der Waals surface area contributed by atoms with E-state index in [0.717, 1.165) is 24.2 Å². The van der Waals surface area contributed by atoms with Crippen LogP contribution in [0.4, 0.5) is 5.69 Å². The second kappa shape index (κ2) is 9.89. The normalized spacial score (nSPS) is 10.5. The van der Waals surface area contributed by atoms with Crippen LogP contribution in [0.1, 0.15) is 17.5 Å². The van der Waals surface area contributed by atoms with Crippen LogP contribution >= 0.6 is 15.9 Å². The summed E-state index contributed by atoms with van der Waals surface area (Å²) in [6.45, 7) is 0.971. The van der Waals surface area contributed by atoms with E-state index in [2.05, 4.69) is 36.4 Å². The van der Waals surface area contributed by atoms with Crippen LogP contribution < -0.4 is 20.3 Å². The van der Waals surface area contributed by atoms with Gasteiger partial charge in [0.1, 0.15) is 15.9 Å². The molecule has 0 bridgehead atoms. The first-order chi connectivity index (χ1) is 13.7. The maximum Gasteiger partial charge on any atom is 0.280 e. The monoisotopic (exact) mass is 444 g/mol. The molecular weight excluding hydrogens is 424 g/mol. The predicted octanol–water partition coefficient (Wildman–Crippen LogP) is 3.56. The number of hydrogen-bond acceptors (Lipinski definition) is 6. The van der Waals surface area contributed by atoms with Crippen molar-refractivity contribution in [3.8, 4) is 11.6 Å². The van der Waals surface area contributed by atoms with Crippen LogP contribution in [0.25, 0.3) is 0 Å². The first-order valence-electron chi connectivity index (χ1n) is 8.84. The quantitative estimate of drug-likeness (QED) is 0.490. The van der Waals surface area contributed by atoms with Crippen LogP contribution in [0.2, 0.25) is 0 Å². The largest absolute Gasteiger partial charge is 0.497 e. The molecule has 0 saturated heterocycles. The number of anilines is 1. The lowest BCUT2D eigenvalue weighted by Crippen LogP contribution is -2.15. The Morgan fingerprint density at radius 1 is 1.18 bits per heavy atom. The van der Waals surface area contributed by atoms with Gasteiger partial charge in [0.2, 0.25) is 0 Å². The van der Waals surface area contributed by atoms with Crippen LogP contribution in [0, 0.1) is 0 Å². The van der Waals surface area contributed by atoms with E-state index in [1.54, 1.807) is 19.5 Å². The number of nitrogens with one attached hydrogen (secondary N) is 2. The molecule has 0 radical (unpaired) electrons. The van der Waals surface area contributed by atoms with Gasteiger partial charge in [-0.1, -0.05) is 18.2 Å². The molecule has 0 saturated carbocycles. The summed E-state index contributed by atoms with van der Waals surface area (Å²) < 4.78 is 11.3. The molecule has 0 fully saturated rings. The second-order valence-corrected chi connectivity index (χ2v) is 6.85. The van der Waals surface area contributed by atoms with E-state index < -0.39 is 0 Å². The number of rotatable bonds is 9. The van der Waals surface area contributed by atoms with Gasteiger partial charge in [0.05, 0.1) is 13.7 Å². The molecule has 28 heavy (non-hydrogen) atoms. The van der Waals surface area contributed by atoms with Gasteiger partial charge in [-0.2, -0.15) is 0 Å². The number of ether oxygens (including phenoxy) is 2. The van der Waals surface area contributed by atoms with Gasteiger partial charge in [-0.05, 0) is 58.1 Å². The maximum absolute atomic E-state index is 11.9. The van der Waals surface area contributed by atoms with E-state index in [1.807, 2.05) is 36.4 Å². The van der Waals surface area contributed by atoms with Crippen molar-refractivity contribution in [2.75, 3.05) is 19.0 Å². The summed E-state index contributed by atoms with van der Waals surface area (Å²) in [5, 5.41) is 9.67. The molecular formula is C20H21BrN4O3. The van der Waals surface area contributed by atoms with E-state index >= 15 is 0 Å². The molecule has 8 heteroatoms. The number of pyridine rings is 1. The number of aromatic nitrogens is 3. The van der Waals surface area contributed by atoms with E-state index in [0.29, 0.717) is 29.2 Å². The van der Waals surface area contributed by atoms with E-state index in [9.17, 15) is 4.79 Å². The number of aryl methyl sites for hydroxylation is 1. The first kappa shape index (κ1) is 19.9. The standard InChI is InChI=1S/C20H21BrN4O3/c1-27-16-8-6-14(7-9-16)5-3-11-28-20-18(17(21)19(26)24-25-20)23-13-15-4-2-10-22-12-15/h2,4,6-10,12H,3,5,11,13H2,1H3,(H2,23,24,26). The molecule has 146 valence electrons. The number of aromatic amines is 1. The van der Waals surface area contributed by atoms with Crippen molar-refractivity contribution in [2.45, 2.75) is 19.4 Å². The highest BCUT2D eigenvalue weighted by molar-refractivity contribution is 9.10. The Kier molecular flexibility index (Phi) is 7.02. The van der Waals surface area contributed by atoms with Crippen molar-refractivity contribution in [3.63, 3.8) is 0 Å². The van der Waals surface area contributed by atoms with Crippen LogP contribution in [-0.4, -0.2) is 28.9 Å². The van der Waals surface area contributed by atoms with Crippen molar-refractivity contribution in [1.29, 1.82) is 0 Å². The molecule has 3 rings (SSSR count). The van der Waals surface area contributed by atoms with Gasteiger partial charge in [0, 0.05) is 18.9 Å². The molecule has 0 aliphatic heterocycles. The molecule has 0 aliphatic rings. The molecule has 1 aromatic carbocycles. The van der Waals surface area contributed by atoms with Crippen molar-refractivity contribution in [1.82, 2.24) is 15.2 Å². The minimum Gasteiger partial charge on any atom is -0.497 e. The third-order valence-corrected chi connectivity index (χ3v) is 4.85. The highest BCUT2D eigenvalue weighted by Crippen LogP contribution is 2.27. The Morgan fingerprint density at radius 3 is 2.71 bits per heavy atom. The van der Waals surface area contributed by atoms with Gasteiger partial charge in [-0.3, -0.25) is 9.78 Å². The van der Waals surface area contributed by atoms with Crippen LogP contribution in [0.15, 0.2) is 58.1 Å². The smallest absolute Gasteiger partial charge is 0.280 e. The third kappa shape index (κ3) is 5.32.